The molecule has 0 saturated carbocycles. The van der Waals surface area contributed by atoms with Gasteiger partial charge in [0.05, 0.1) is 12.4 Å². The van der Waals surface area contributed by atoms with Gasteiger partial charge in [0.1, 0.15) is 5.75 Å². The van der Waals surface area contributed by atoms with Crippen molar-refractivity contribution in [3.8, 4) is 5.75 Å². The molecule has 0 spiro atoms. The molecule has 0 bridgehead atoms. The lowest BCUT2D eigenvalue weighted by atomic mass is 9.89. The summed E-state index contributed by atoms with van der Waals surface area (Å²) in [5.74, 6) is -8.92. The molecule has 2 aromatic carbocycles. The second-order valence-corrected chi connectivity index (χ2v) is 8.23. The molecule has 0 saturated heterocycles. The van der Waals surface area contributed by atoms with Gasteiger partial charge >= 0.3 is 0 Å². The van der Waals surface area contributed by atoms with Gasteiger partial charge in [-0.2, -0.15) is 0 Å². The molecule has 1 atom stereocenters. The summed E-state index contributed by atoms with van der Waals surface area (Å²) in [6, 6.07) is 3.78. The molecule has 0 aliphatic carbocycles. The standard InChI is InChI=1S/C20H22F5OP/c1-6-20(7-2,12-9-10(3)8-11(4)18(12)26-5)27-19-16(24)14(22)13(21)15(23)17(19)25/h8-9,27H,6-7H2,1-5H3. The summed E-state index contributed by atoms with van der Waals surface area (Å²) < 4.78 is 74.9. The molecule has 27 heavy (non-hydrogen) atoms. The maximum absolute atomic E-state index is 14.3. The first kappa shape index (κ1) is 21.6. The Bertz CT molecular complexity index is 833. The van der Waals surface area contributed by atoms with Crippen molar-refractivity contribution in [1.82, 2.24) is 0 Å². The van der Waals surface area contributed by atoms with Crippen LogP contribution in [-0.2, 0) is 5.16 Å². The fourth-order valence-corrected chi connectivity index (χ4v) is 5.00. The average Bonchev–Trinajstić information content (AvgIpc) is 2.65. The molecule has 2 rings (SSSR count). The molecule has 148 valence electrons. The predicted octanol–water partition coefficient (Wildman–Crippen LogP) is 6.03. The van der Waals surface area contributed by atoms with E-state index in [-0.39, 0.29) is 0 Å². The van der Waals surface area contributed by atoms with Gasteiger partial charge in [0.15, 0.2) is 23.3 Å². The fraction of sp³-hybridized carbons (Fsp3) is 0.400. The SMILES string of the molecule is CCC(CC)(Pc1c(F)c(F)c(F)c(F)c1F)c1cc(C)cc(C)c1OC. The van der Waals surface area contributed by atoms with Gasteiger partial charge in [-0.3, -0.25) is 0 Å². The second-order valence-electron chi connectivity index (χ2n) is 6.52. The van der Waals surface area contributed by atoms with Crippen molar-refractivity contribution in [2.24, 2.45) is 0 Å². The summed E-state index contributed by atoms with van der Waals surface area (Å²) in [5, 5.41) is -1.59. The Morgan fingerprint density at radius 3 is 1.78 bits per heavy atom. The quantitative estimate of drug-likeness (QED) is 0.247. The van der Waals surface area contributed by atoms with Gasteiger partial charge in [-0.15, -0.1) is 0 Å². The van der Waals surface area contributed by atoms with Gasteiger partial charge in [-0.05, 0) is 32.3 Å². The van der Waals surface area contributed by atoms with Crippen LogP contribution in [0, 0.1) is 42.9 Å². The van der Waals surface area contributed by atoms with Gasteiger partial charge in [0, 0.05) is 10.7 Å². The van der Waals surface area contributed by atoms with E-state index < -0.39 is 48.1 Å². The monoisotopic (exact) mass is 404 g/mol. The molecular formula is C20H22F5OP. The highest BCUT2D eigenvalue weighted by Gasteiger charge is 2.37. The second kappa shape index (κ2) is 8.14. The summed E-state index contributed by atoms with van der Waals surface area (Å²) in [6.07, 6.45) is 0.890. The number of ether oxygens (including phenoxy) is 1. The Morgan fingerprint density at radius 2 is 1.33 bits per heavy atom. The fourth-order valence-electron chi connectivity index (χ4n) is 3.41. The van der Waals surface area contributed by atoms with Crippen molar-refractivity contribution in [3.05, 3.63) is 57.9 Å². The average molecular weight is 404 g/mol. The summed E-state index contributed by atoms with van der Waals surface area (Å²) in [6.45, 7) is 7.40. The lowest BCUT2D eigenvalue weighted by molar-refractivity contribution is 0.383. The first-order valence-electron chi connectivity index (χ1n) is 8.58. The first-order chi connectivity index (χ1) is 12.6. The zero-order chi connectivity index (χ0) is 20.5. The van der Waals surface area contributed by atoms with Crippen LogP contribution in [0.15, 0.2) is 12.1 Å². The van der Waals surface area contributed by atoms with E-state index in [1.54, 1.807) is 0 Å². The number of benzene rings is 2. The van der Waals surface area contributed by atoms with Crippen molar-refractivity contribution in [1.29, 1.82) is 0 Å². The van der Waals surface area contributed by atoms with Crippen LogP contribution in [0.3, 0.4) is 0 Å². The van der Waals surface area contributed by atoms with E-state index in [0.717, 1.165) is 16.7 Å². The smallest absolute Gasteiger partial charge is 0.200 e. The lowest BCUT2D eigenvalue weighted by Gasteiger charge is -2.35. The van der Waals surface area contributed by atoms with Crippen LogP contribution < -0.4 is 10.0 Å². The minimum atomic E-state index is -2.14. The topological polar surface area (TPSA) is 9.23 Å². The first-order valence-corrected chi connectivity index (χ1v) is 9.58. The maximum Gasteiger partial charge on any atom is 0.200 e. The highest BCUT2D eigenvalue weighted by molar-refractivity contribution is 7.48. The minimum Gasteiger partial charge on any atom is -0.496 e. The molecule has 0 N–H and O–H groups in total. The molecule has 0 radical (unpaired) electrons. The molecule has 0 fully saturated rings. The molecule has 0 aliphatic rings. The Morgan fingerprint density at radius 1 is 0.852 bits per heavy atom. The molecule has 0 heterocycles. The van der Waals surface area contributed by atoms with Gasteiger partial charge in [0.2, 0.25) is 5.82 Å². The number of methoxy groups -OCH3 is 1. The molecule has 1 nitrogen and oxygen atoms in total. The van der Waals surface area contributed by atoms with Crippen LogP contribution in [0.5, 0.6) is 5.75 Å². The van der Waals surface area contributed by atoms with Crippen LogP contribution >= 0.6 is 8.58 Å². The van der Waals surface area contributed by atoms with Crippen molar-refractivity contribution >= 4 is 13.9 Å². The van der Waals surface area contributed by atoms with Crippen LogP contribution in [0.1, 0.15) is 43.4 Å². The third kappa shape index (κ3) is 3.69. The molecular weight excluding hydrogens is 382 g/mol. The predicted molar refractivity (Wildman–Crippen MR) is 98.9 cm³/mol. The van der Waals surface area contributed by atoms with Gasteiger partial charge in [-0.1, -0.05) is 40.1 Å². The highest BCUT2D eigenvalue weighted by atomic mass is 31.1. The van der Waals surface area contributed by atoms with Crippen molar-refractivity contribution in [2.45, 2.75) is 45.7 Å². The van der Waals surface area contributed by atoms with Gasteiger partial charge < -0.3 is 4.74 Å². The minimum absolute atomic E-state index is 0.445. The lowest BCUT2D eigenvalue weighted by Crippen LogP contribution is -2.27. The molecule has 1 unspecified atom stereocenters. The number of hydrogen-bond acceptors (Lipinski definition) is 1. The van der Waals surface area contributed by atoms with E-state index in [2.05, 4.69) is 0 Å². The molecule has 0 aliphatic heterocycles. The van der Waals surface area contributed by atoms with E-state index in [0.29, 0.717) is 18.6 Å². The van der Waals surface area contributed by atoms with E-state index in [1.807, 2.05) is 39.8 Å². The van der Waals surface area contributed by atoms with E-state index in [4.69, 9.17) is 4.74 Å². The molecule has 0 aromatic heterocycles. The summed E-state index contributed by atoms with van der Waals surface area (Å²) in [5.41, 5.74) is 2.49. The number of halogens is 5. The maximum atomic E-state index is 14.3. The largest absolute Gasteiger partial charge is 0.496 e. The van der Waals surface area contributed by atoms with Crippen LogP contribution in [0.25, 0.3) is 0 Å². The Kier molecular flexibility index (Phi) is 6.51. The summed E-state index contributed by atoms with van der Waals surface area (Å²) >= 11 is 0. The number of hydrogen-bond donors (Lipinski definition) is 0. The number of aryl methyl sites for hydroxylation is 2. The molecule has 0 amide bonds. The van der Waals surface area contributed by atoms with E-state index in [9.17, 15) is 22.0 Å². The van der Waals surface area contributed by atoms with E-state index >= 15 is 0 Å². The Hall–Kier alpha value is -1.68. The zero-order valence-corrected chi connectivity index (χ0v) is 16.9. The normalized spacial score (nSPS) is 12.2. The highest BCUT2D eigenvalue weighted by Crippen LogP contribution is 2.51. The molecule has 7 heteroatoms. The van der Waals surface area contributed by atoms with Crippen molar-refractivity contribution in [2.75, 3.05) is 7.11 Å². The third-order valence-corrected chi connectivity index (χ3v) is 7.06. The van der Waals surface area contributed by atoms with E-state index in [1.165, 1.54) is 7.11 Å². The zero-order valence-electron chi connectivity index (χ0n) is 15.9. The van der Waals surface area contributed by atoms with Crippen molar-refractivity contribution < 1.29 is 26.7 Å². The van der Waals surface area contributed by atoms with Crippen LogP contribution in [-0.4, -0.2) is 7.11 Å². The van der Waals surface area contributed by atoms with Gasteiger partial charge in [-0.25, -0.2) is 22.0 Å². The van der Waals surface area contributed by atoms with Crippen LogP contribution in [0.2, 0.25) is 0 Å². The summed E-state index contributed by atoms with van der Waals surface area (Å²) in [7, 11) is 0.844. The third-order valence-electron chi connectivity index (χ3n) is 4.92. The Balaban J connectivity index is 2.75. The van der Waals surface area contributed by atoms with Gasteiger partial charge in [0.25, 0.3) is 0 Å². The molecule has 2 aromatic rings. The summed E-state index contributed by atoms with van der Waals surface area (Å²) in [4.78, 5) is 0. The Labute approximate surface area is 157 Å². The van der Waals surface area contributed by atoms with Crippen molar-refractivity contribution in [3.63, 3.8) is 0 Å². The number of rotatable bonds is 6. The van der Waals surface area contributed by atoms with Crippen LogP contribution in [0.4, 0.5) is 22.0 Å².